The maximum Gasteiger partial charge on any atom is 0.243 e. The Labute approximate surface area is 114 Å². The highest BCUT2D eigenvalue weighted by atomic mass is 35.5. The molecule has 5 heteroatoms. The highest BCUT2D eigenvalue weighted by Gasteiger charge is 2.37. The van der Waals surface area contributed by atoms with E-state index in [0.717, 1.165) is 24.0 Å². The molecular weight excluding hydrogens is 270 g/mol. The van der Waals surface area contributed by atoms with Crippen molar-refractivity contribution in [2.75, 3.05) is 6.54 Å². The Hall–Kier alpha value is -0.580. The van der Waals surface area contributed by atoms with Crippen LogP contribution in [0.25, 0.3) is 0 Å². The Morgan fingerprint density at radius 3 is 2.56 bits per heavy atom. The molecule has 0 radical (unpaired) electrons. The van der Waals surface area contributed by atoms with Gasteiger partial charge in [0.15, 0.2) is 0 Å². The molecule has 0 spiro atoms. The van der Waals surface area contributed by atoms with Crippen molar-refractivity contribution in [1.29, 1.82) is 0 Å². The first-order valence-corrected chi connectivity index (χ1v) is 8.16. The van der Waals surface area contributed by atoms with Crippen LogP contribution >= 0.6 is 11.6 Å². The van der Waals surface area contributed by atoms with Gasteiger partial charge in [-0.05, 0) is 37.0 Å². The zero-order chi connectivity index (χ0) is 13.3. The molecule has 3 nitrogen and oxygen atoms in total. The molecule has 0 saturated heterocycles. The molecule has 2 rings (SSSR count). The molecule has 0 atom stereocenters. The van der Waals surface area contributed by atoms with Crippen molar-refractivity contribution in [3.63, 3.8) is 0 Å². The molecule has 18 heavy (non-hydrogen) atoms. The lowest BCUT2D eigenvalue weighted by atomic mass is 10.1. The van der Waals surface area contributed by atoms with Crippen LogP contribution < -0.4 is 0 Å². The predicted octanol–water partition coefficient (Wildman–Crippen LogP) is 2.91. The number of nitrogens with zero attached hydrogens (tertiary/aromatic N) is 1. The molecule has 0 bridgehead atoms. The summed E-state index contributed by atoms with van der Waals surface area (Å²) in [5.74, 6) is 0.338. The summed E-state index contributed by atoms with van der Waals surface area (Å²) < 4.78 is 26.8. The Morgan fingerprint density at radius 1 is 1.39 bits per heavy atom. The number of hydrogen-bond acceptors (Lipinski definition) is 2. The molecule has 1 aliphatic rings. The minimum absolute atomic E-state index is 0.194. The third kappa shape index (κ3) is 2.42. The van der Waals surface area contributed by atoms with Crippen molar-refractivity contribution in [3.8, 4) is 0 Å². The molecule has 1 aromatic carbocycles. The van der Waals surface area contributed by atoms with Crippen LogP contribution in [0.2, 0.25) is 0 Å². The maximum atomic E-state index is 12.6. The Kier molecular flexibility index (Phi) is 3.99. The van der Waals surface area contributed by atoms with Crippen LogP contribution in [-0.2, 0) is 15.9 Å². The van der Waals surface area contributed by atoms with E-state index in [0.29, 0.717) is 17.3 Å². The van der Waals surface area contributed by atoms with E-state index < -0.39 is 10.0 Å². The number of sulfonamides is 1. The number of halogens is 1. The molecule has 1 saturated carbocycles. The summed E-state index contributed by atoms with van der Waals surface area (Å²) in [5.41, 5.74) is 1.65. The fraction of sp³-hybridized carbons (Fsp3) is 0.538. The standard InChI is InChI=1S/C13H18ClNO2S/c1-3-15(12-7-8-12)18(16,17)13-6-4-5-11(9-14)10(13)2/h4-6,12H,3,7-9H2,1-2H3. The van der Waals surface area contributed by atoms with Crippen molar-refractivity contribution < 1.29 is 8.42 Å². The highest BCUT2D eigenvalue weighted by Crippen LogP contribution is 2.33. The molecule has 0 heterocycles. The second-order valence-corrected chi connectivity index (χ2v) is 6.74. The Balaban J connectivity index is 2.46. The summed E-state index contributed by atoms with van der Waals surface area (Å²) >= 11 is 5.83. The summed E-state index contributed by atoms with van der Waals surface area (Å²) in [6, 6.07) is 5.50. The summed E-state index contributed by atoms with van der Waals surface area (Å²) in [6.07, 6.45) is 1.95. The smallest absolute Gasteiger partial charge is 0.207 e. The van der Waals surface area contributed by atoms with E-state index in [1.807, 2.05) is 19.9 Å². The first kappa shape index (κ1) is 13.8. The minimum Gasteiger partial charge on any atom is -0.207 e. The van der Waals surface area contributed by atoms with Crippen molar-refractivity contribution in [3.05, 3.63) is 29.3 Å². The second-order valence-electron chi connectivity index (χ2n) is 4.61. The highest BCUT2D eigenvalue weighted by molar-refractivity contribution is 7.89. The van der Waals surface area contributed by atoms with Gasteiger partial charge in [0.2, 0.25) is 10.0 Å². The normalized spacial score (nSPS) is 16.2. The molecular formula is C13H18ClNO2S. The van der Waals surface area contributed by atoms with E-state index in [4.69, 9.17) is 11.6 Å². The molecule has 1 aliphatic carbocycles. The number of alkyl halides is 1. The molecule has 100 valence electrons. The van der Waals surface area contributed by atoms with E-state index in [-0.39, 0.29) is 6.04 Å². The molecule has 1 fully saturated rings. The van der Waals surface area contributed by atoms with Gasteiger partial charge in [-0.3, -0.25) is 0 Å². The summed E-state index contributed by atoms with van der Waals surface area (Å²) in [5, 5.41) is 0. The first-order valence-electron chi connectivity index (χ1n) is 6.18. The van der Waals surface area contributed by atoms with Gasteiger partial charge in [0.25, 0.3) is 0 Å². The lowest BCUT2D eigenvalue weighted by Gasteiger charge is -2.21. The third-order valence-electron chi connectivity index (χ3n) is 3.39. The van der Waals surface area contributed by atoms with Crippen molar-refractivity contribution in [2.24, 2.45) is 0 Å². The van der Waals surface area contributed by atoms with Crippen molar-refractivity contribution in [2.45, 2.75) is 43.5 Å². The average Bonchev–Trinajstić information content (AvgIpc) is 3.14. The lowest BCUT2D eigenvalue weighted by molar-refractivity contribution is 0.420. The lowest BCUT2D eigenvalue weighted by Crippen LogP contribution is -2.33. The van der Waals surface area contributed by atoms with Gasteiger partial charge in [0.05, 0.1) is 4.90 Å². The second kappa shape index (κ2) is 5.19. The van der Waals surface area contributed by atoms with Crippen LogP contribution in [0.4, 0.5) is 0 Å². The zero-order valence-electron chi connectivity index (χ0n) is 10.7. The summed E-state index contributed by atoms with van der Waals surface area (Å²) in [7, 11) is -3.38. The topological polar surface area (TPSA) is 37.4 Å². The molecule has 0 N–H and O–H groups in total. The predicted molar refractivity (Wildman–Crippen MR) is 73.3 cm³/mol. The monoisotopic (exact) mass is 287 g/mol. The minimum atomic E-state index is -3.38. The average molecular weight is 288 g/mol. The van der Waals surface area contributed by atoms with Crippen LogP contribution in [0.5, 0.6) is 0 Å². The van der Waals surface area contributed by atoms with E-state index in [9.17, 15) is 8.42 Å². The van der Waals surface area contributed by atoms with E-state index in [1.165, 1.54) is 0 Å². The van der Waals surface area contributed by atoms with Gasteiger partial charge in [-0.15, -0.1) is 11.6 Å². The van der Waals surface area contributed by atoms with Gasteiger partial charge in [0.1, 0.15) is 0 Å². The molecule has 1 aromatic rings. The molecule has 0 aromatic heterocycles. The van der Waals surface area contributed by atoms with Gasteiger partial charge < -0.3 is 0 Å². The van der Waals surface area contributed by atoms with Gasteiger partial charge >= 0.3 is 0 Å². The summed E-state index contributed by atoms with van der Waals surface area (Å²) in [6.45, 7) is 4.24. The van der Waals surface area contributed by atoms with Gasteiger partial charge in [-0.1, -0.05) is 19.1 Å². The van der Waals surface area contributed by atoms with Gasteiger partial charge in [-0.25, -0.2) is 8.42 Å². The Morgan fingerprint density at radius 2 is 2.06 bits per heavy atom. The van der Waals surface area contributed by atoms with Crippen molar-refractivity contribution >= 4 is 21.6 Å². The number of benzene rings is 1. The molecule has 0 unspecified atom stereocenters. The van der Waals surface area contributed by atoms with Crippen LogP contribution in [0.1, 0.15) is 30.9 Å². The fourth-order valence-electron chi connectivity index (χ4n) is 2.20. The van der Waals surface area contributed by atoms with Crippen LogP contribution in [0.15, 0.2) is 23.1 Å². The van der Waals surface area contributed by atoms with E-state index in [2.05, 4.69) is 0 Å². The van der Waals surface area contributed by atoms with Crippen LogP contribution in [0.3, 0.4) is 0 Å². The third-order valence-corrected chi connectivity index (χ3v) is 5.85. The maximum absolute atomic E-state index is 12.6. The SMILES string of the molecule is CCN(C1CC1)S(=O)(=O)c1cccc(CCl)c1C. The number of hydrogen-bond donors (Lipinski definition) is 0. The first-order chi connectivity index (χ1) is 8.52. The van der Waals surface area contributed by atoms with Crippen LogP contribution in [0, 0.1) is 6.92 Å². The van der Waals surface area contributed by atoms with E-state index >= 15 is 0 Å². The Bertz CT molecular complexity index is 538. The summed E-state index contributed by atoms with van der Waals surface area (Å²) in [4.78, 5) is 0.398. The van der Waals surface area contributed by atoms with Crippen LogP contribution in [-0.4, -0.2) is 25.3 Å². The van der Waals surface area contributed by atoms with Gasteiger partial charge in [0, 0.05) is 18.5 Å². The van der Waals surface area contributed by atoms with Gasteiger partial charge in [-0.2, -0.15) is 4.31 Å². The largest absolute Gasteiger partial charge is 0.243 e. The molecule has 0 aliphatic heterocycles. The zero-order valence-corrected chi connectivity index (χ0v) is 12.3. The number of rotatable bonds is 5. The van der Waals surface area contributed by atoms with E-state index in [1.54, 1.807) is 16.4 Å². The quantitative estimate of drug-likeness (QED) is 0.781. The molecule has 0 amide bonds. The van der Waals surface area contributed by atoms with Crippen molar-refractivity contribution in [1.82, 2.24) is 4.31 Å². The fourth-order valence-corrected chi connectivity index (χ4v) is 4.45.